The second-order valence-corrected chi connectivity index (χ2v) is 9.74. The highest BCUT2D eigenvalue weighted by Crippen LogP contribution is 2.43. The lowest BCUT2D eigenvalue weighted by Gasteiger charge is -2.44. The van der Waals surface area contributed by atoms with Crippen molar-refractivity contribution >= 4 is 12.2 Å². The zero-order valence-electron chi connectivity index (χ0n) is 19.9. The molecule has 35 heavy (non-hydrogen) atoms. The minimum Gasteiger partial charge on any atom is -0.481 e. The molecule has 3 aromatic carbocycles. The zero-order chi connectivity index (χ0) is 24.1. The lowest BCUT2D eigenvalue weighted by Crippen LogP contribution is -2.51. The van der Waals surface area contributed by atoms with Gasteiger partial charge in [-0.15, -0.1) is 0 Å². The Balaban J connectivity index is 1.47. The molecule has 0 spiro atoms. The molecule has 0 radical (unpaired) electrons. The van der Waals surface area contributed by atoms with E-state index in [9.17, 15) is 9.90 Å². The van der Waals surface area contributed by atoms with E-state index in [1.807, 2.05) is 12.2 Å². The summed E-state index contributed by atoms with van der Waals surface area (Å²) in [5.41, 5.74) is 2.57. The third-order valence-electron chi connectivity index (χ3n) is 7.70. The summed E-state index contributed by atoms with van der Waals surface area (Å²) < 4.78 is 0. The molecule has 0 saturated heterocycles. The second kappa shape index (κ2) is 10.0. The van der Waals surface area contributed by atoms with Crippen LogP contribution in [0.15, 0.2) is 108 Å². The molecule has 178 valence electrons. The Labute approximate surface area is 207 Å². The molecule has 2 aliphatic rings. The molecular weight excluding hydrogens is 432 g/mol. The maximum Gasteiger partial charge on any atom is 0.306 e. The van der Waals surface area contributed by atoms with Crippen molar-refractivity contribution in [2.45, 2.75) is 49.2 Å². The van der Waals surface area contributed by atoms with Crippen molar-refractivity contribution in [1.29, 1.82) is 0 Å². The van der Waals surface area contributed by atoms with Gasteiger partial charge in [0.15, 0.2) is 0 Å². The van der Waals surface area contributed by atoms with Gasteiger partial charge >= 0.3 is 5.97 Å². The summed E-state index contributed by atoms with van der Waals surface area (Å²) in [6.07, 6.45) is 9.57. The summed E-state index contributed by atoms with van der Waals surface area (Å²) >= 11 is 0. The van der Waals surface area contributed by atoms with E-state index in [1.165, 1.54) is 16.7 Å². The Bertz CT molecular complexity index is 1070. The number of carboxylic acid groups (broad SMARTS) is 1. The normalized spacial score (nSPS) is 23.9. The molecule has 5 rings (SSSR count). The molecule has 1 aliphatic carbocycles. The Kier molecular flexibility index (Phi) is 6.65. The molecule has 1 heterocycles. The summed E-state index contributed by atoms with van der Waals surface area (Å²) in [7, 11) is 0. The molecule has 1 aliphatic heterocycles. The second-order valence-electron chi connectivity index (χ2n) is 9.74. The quantitative estimate of drug-likeness (QED) is 0.403. The molecule has 2 N–H and O–H groups in total. The Morgan fingerprint density at radius 2 is 1.31 bits per heavy atom. The van der Waals surface area contributed by atoms with Gasteiger partial charge in [-0.25, -0.2) is 0 Å². The number of allylic oxidation sites excluding steroid dienone is 1. The van der Waals surface area contributed by atoms with Gasteiger partial charge in [-0.3, -0.25) is 15.1 Å². The number of carboxylic acids is 1. The van der Waals surface area contributed by atoms with Gasteiger partial charge in [0.05, 0.1) is 17.5 Å². The van der Waals surface area contributed by atoms with Crippen LogP contribution in [0.1, 0.15) is 48.8 Å². The van der Waals surface area contributed by atoms with Crippen LogP contribution in [0.4, 0.5) is 0 Å². The smallest absolute Gasteiger partial charge is 0.306 e. The number of aliphatic imine (C=N–C) groups is 1. The van der Waals surface area contributed by atoms with Crippen molar-refractivity contribution in [2.24, 2.45) is 10.9 Å². The van der Waals surface area contributed by atoms with Gasteiger partial charge in [0.25, 0.3) is 0 Å². The number of nitrogens with one attached hydrogen (secondary N) is 1. The van der Waals surface area contributed by atoms with Crippen molar-refractivity contribution < 1.29 is 9.90 Å². The van der Waals surface area contributed by atoms with Gasteiger partial charge in [0.1, 0.15) is 0 Å². The minimum absolute atomic E-state index is 0.0603. The summed E-state index contributed by atoms with van der Waals surface area (Å²) in [5.74, 6) is -0.545. The van der Waals surface area contributed by atoms with Gasteiger partial charge in [-0.1, -0.05) is 97.1 Å². The third kappa shape index (κ3) is 4.59. The van der Waals surface area contributed by atoms with Crippen LogP contribution < -0.4 is 5.32 Å². The highest BCUT2D eigenvalue weighted by atomic mass is 16.4. The van der Waals surface area contributed by atoms with Crippen LogP contribution in [0, 0.1) is 5.92 Å². The fraction of sp³-hybridized carbons (Fsp3) is 0.290. The predicted octanol–water partition coefficient (Wildman–Crippen LogP) is 5.98. The van der Waals surface area contributed by atoms with E-state index in [4.69, 9.17) is 0 Å². The highest BCUT2D eigenvalue weighted by molar-refractivity contribution is 5.78. The highest BCUT2D eigenvalue weighted by Gasteiger charge is 2.43. The van der Waals surface area contributed by atoms with E-state index >= 15 is 0 Å². The molecule has 3 aromatic rings. The number of hydrogen-bond acceptors (Lipinski definition) is 3. The lowest BCUT2D eigenvalue weighted by molar-refractivity contribution is -0.138. The van der Waals surface area contributed by atoms with E-state index in [-0.39, 0.29) is 12.3 Å². The lowest BCUT2D eigenvalue weighted by atomic mass is 9.71. The molecule has 4 nitrogen and oxygen atoms in total. The SMILES string of the molecule is O=C(O)CC1(C2CCC(NC(c3ccccc3)(c3ccccc3)c3ccccc3)CC2)C=CC=N1. The monoisotopic (exact) mass is 464 g/mol. The van der Waals surface area contributed by atoms with E-state index in [0.29, 0.717) is 6.04 Å². The maximum absolute atomic E-state index is 11.6. The van der Waals surface area contributed by atoms with Gasteiger partial charge in [0, 0.05) is 12.3 Å². The molecular formula is C31H32N2O2. The Morgan fingerprint density at radius 1 is 0.829 bits per heavy atom. The van der Waals surface area contributed by atoms with Crippen LogP contribution >= 0.6 is 0 Å². The first-order chi connectivity index (χ1) is 17.1. The van der Waals surface area contributed by atoms with E-state index in [2.05, 4.69) is 101 Å². The first kappa shape index (κ1) is 23.3. The number of carbonyl (C=O) groups is 1. The van der Waals surface area contributed by atoms with Gasteiger partial charge in [0.2, 0.25) is 0 Å². The molecule has 0 amide bonds. The number of aliphatic carboxylic acids is 1. The van der Waals surface area contributed by atoms with Crippen LogP contribution in [0.3, 0.4) is 0 Å². The maximum atomic E-state index is 11.6. The van der Waals surface area contributed by atoms with Crippen molar-refractivity contribution in [3.8, 4) is 0 Å². The van der Waals surface area contributed by atoms with Crippen LogP contribution in [0.2, 0.25) is 0 Å². The van der Waals surface area contributed by atoms with Crippen LogP contribution in [-0.2, 0) is 10.3 Å². The summed E-state index contributed by atoms with van der Waals surface area (Å²) in [4.78, 5) is 16.2. The van der Waals surface area contributed by atoms with E-state index in [0.717, 1.165) is 25.7 Å². The molecule has 4 heteroatoms. The molecule has 1 saturated carbocycles. The average molecular weight is 465 g/mol. The van der Waals surface area contributed by atoms with Crippen molar-refractivity contribution in [2.75, 3.05) is 0 Å². The fourth-order valence-corrected chi connectivity index (χ4v) is 6.03. The number of rotatable bonds is 8. The Hall–Kier alpha value is -3.50. The topological polar surface area (TPSA) is 61.7 Å². The molecule has 0 bridgehead atoms. The predicted molar refractivity (Wildman–Crippen MR) is 141 cm³/mol. The number of benzene rings is 3. The summed E-state index contributed by atoms with van der Waals surface area (Å²) in [6.45, 7) is 0. The number of nitrogens with zero attached hydrogens (tertiary/aromatic N) is 1. The minimum atomic E-state index is -0.787. The van der Waals surface area contributed by atoms with Crippen LogP contribution in [0.5, 0.6) is 0 Å². The van der Waals surface area contributed by atoms with Gasteiger partial charge in [-0.2, -0.15) is 0 Å². The van der Waals surface area contributed by atoms with E-state index in [1.54, 1.807) is 6.21 Å². The summed E-state index contributed by atoms with van der Waals surface area (Å²) in [6, 6.07) is 32.4. The molecule has 1 atom stereocenters. The van der Waals surface area contributed by atoms with Gasteiger partial charge < -0.3 is 5.11 Å². The van der Waals surface area contributed by atoms with Crippen molar-refractivity contribution in [3.05, 3.63) is 120 Å². The first-order valence-corrected chi connectivity index (χ1v) is 12.5. The molecule has 0 aromatic heterocycles. The van der Waals surface area contributed by atoms with Crippen LogP contribution in [0.25, 0.3) is 0 Å². The zero-order valence-corrected chi connectivity index (χ0v) is 19.9. The van der Waals surface area contributed by atoms with Crippen LogP contribution in [-0.4, -0.2) is 28.9 Å². The standard InChI is InChI=1S/C31H32N2O2/c34-29(35)23-30(21-10-22-32-30)24-17-19-28(20-18-24)33-31(25-11-4-1-5-12-25,26-13-6-2-7-14-26)27-15-8-3-9-16-27/h1-16,21-22,24,28,33H,17-20,23H2,(H,34,35). The molecule has 1 unspecified atom stereocenters. The summed E-state index contributed by atoms with van der Waals surface area (Å²) in [5, 5.41) is 13.6. The van der Waals surface area contributed by atoms with Crippen molar-refractivity contribution in [3.63, 3.8) is 0 Å². The molecule has 1 fully saturated rings. The fourth-order valence-electron chi connectivity index (χ4n) is 6.03. The van der Waals surface area contributed by atoms with E-state index < -0.39 is 17.0 Å². The number of hydrogen-bond donors (Lipinski definition) is 2. The van der Waals surface area contributed by atoms with Crippen molar-refractivity contribution in [1.82, 2.24) is 5.32 Å². The first-order valence-electron chi connectivity index (χ1n) is 12.5. The Morgan fingerprint density at radius 3 is 1.71 bits per heavy atom. The largest absolute Gasteiger partial charge is 0.481 e. The third-order valence-corrected chi connectivity index (χ3v) is 7.70. The van der Waals surface area contributed by atoms with Gasteiger partial charge in [-0.05, 0) is 54.4 Å². The average Bonchev–Trinajstić information content (AvgIpc) is 3.38.